The van der Waals surface area contributed by atoms with Crippen LogP contribution >= 0.6 is 22.9 Å². The van der Waals surface area contributed by atoms with Crippen molar-refractivity contribution in [1.82, 2.24) is 9.97 Å². The van der Waals surface area contributed by atoms with Crippen LogP contribution in [-0.4, -0.2) is 36.1 Å². The van der Waals surface area contributed by atoms with Gasteiger partial charge in [0.25, 0.3) is 0 Å². The van der Waals surface area contributed by atoms with Crippen LogP contribution in [0.15, 0.2) is 30.3 Å². The molecule has 3 heterocycles. The Morgan fingerprint density at radius 2 is 1.72 bits per heavy atom. The fourth-order valence-electron chi connectivity index (χ4n) is 3.30. The second-order valence-electron chi connectivity index (χ2n) is 6.33. The number of anilines is 2. The summed E-state index contributed by atoms with van der Waals surface area (Å²) in [5, 5.41) is 1.98. The van der Waals surface area contributed by atoms with E-state index in [9.17, 15) is 0 Å². The molecule has 0 saturated carbocycles. The molecule has 0 radical (unpaired) electrons. The van der Waals surface area contributed by atoms with Crippen molar-refractivity contribution in [1.29, 1.82) is 0 Å². The molecule has 0 N–H and O–H groups in total. The normalized spacial score (nSPS) is 15.2. The molecular weight excluding hydrogens is 352 g/mol. The third-order valence-corrected chi connectivity index (χ3v) is 6.08. The molecule has 4 nitrogen and oxygen atoms in total. The molecule has 0 amide bonds. The smallest absolute Gasteiger partial charge is 0.141 e. The molecule has 0 spiro atoms. The fraction of sp³-hybridized carbons (Fsp3) is 0.368. The van der Waals surface area contributed by atoms with E-state index in [1.54, 1.807) is 11.3 Å². The van der Waals surface area contributed by atoms with E-state index in [0.717, 1.165) is 54.1 Å². The Hall–Kier alpha value is -1.85. The number of fused-ring (bicyclic) bond motifs is 1. The maximum atomic E-state index is 6.00. The predicted molar refractivity (Wildman–Crippen MR) is 107 cm³/mol. The van der Waals surface area contributed by atoms with Gasteiger partial charge in [0.2, 0.25) is 0 Å². The van der Waals surface area contributed by atoms with Crippen LogP contribution in [-0.2, 0) is 6.42 Å². The molecule has 0 atom stereocenters. The Kier molecular flexibility index (Phi) is 4.52. The highest BCUT2D eigenvalue weighted by Crippen LogP contribution is 2.32. The molecule has 1 aliphatic rings. The summed E-state index contributed by atoms with van der Waals surface area (Å²) in [5.41, 5.74) is 1.23. The van der Waals surface area contributed by atoms with Gasteiger partial charge in [-0.15, -0.1) is 11.3 Å². The molecule has 130 valence electrons. The van der Waals surface area contributed by atoms with E-state index in [1.165, 1.54) is 16.0 Å². The van der Waals surface area contributed by atoms with Gasteiger partial charge in [0.05, 0.1) is 5.39 Å². The third-order valence-electron chi connectivity index (χ3n) is 4.65. The van der Waals surface area contributed by atoms with E-state index in [0.29, 0.717) is 0 Å². The summed E-state index contributed by atoms with van der Waals surface area (Å²) in [7, 11) is 0. The van der Waals surface area contributed by atoms with Crippen LogP contribution in [0.1, 0.15) is 17.6 Å². The Balaban J connectivity index is 1.57. The molecule has 6 heteroatoms. The molecule has 3 aromatic rings. The number of hydrogen-bond donors (Lipinski definition) is 0. The quantitative estimate of drug-likeness (QED) is 0.675. The summed E-state index contributed by atoms with van der Waals surface area (Å²) in [6.45, 7) is 8.07. The van der Waals surface area contributed by atoms with Gasteiger partial charge in [-0.2, -0.15) is 0 Å². The number of piperazine rings is 1. The van der Waals surface area contributed by atoms with Gasteiger partial charge in [0, 0.05) is 41.8 Å². The van der Waals surface area contributed by atoms with Crippen molar-refractivity contribution < 1.29 is 0 Å². The Bertz CT molecular complexity index is 882. The number of thiophene rings is 1. The van der Waals surface area contributed by atoms with Gasteiger partial charge in [-0.05, 0) is 43.7 Å². The number of nitrogens with zero attached hydrogens (tertiary/aromatic N) is 4. The summed E-state index contributed by atoms with van der Waals surface area (Å²) < 4.78 is 0. The third kappa shape index (κ3) is 3.31. The van der Waals surface area contributed by atoms with Gasteiger partial charge in [0.1, 0.15) is 16.5 Å². The summed E-state index contributed by atoms with van der Waals surface area (Å²) in [6, 6.07) is 10.4. The van der Waals surface area contributed by atoms with Crippen molar-refractivity contribution in [3.8, 4) is 0 Å². The minimum absolute atomic E-state index is 0.783. The molecule has 1 aliphatic heterocycles. The van der Waals surface area contributed by atoms with Crippen LogP contribution in [0.3, 0.4) is 0 Å². The number of aromatic nitrogens is 2. The monoisotopic (exact) mass is 372 g/mol. The highest BCUT2D eigenvalue weighted by Gasteiger charge is 2.21. The standard InChI is InChI=1S/C19H21ClN4S/c1-3-16-12-17-18(21-13(2)22-19(17)25-16)24-10-8-23(9-11-24)15-6-4-14(20)5-7-15/h4-7,12H,3,8-11H2,1-2H3. The number of halogens is 1. The van der Waals surface area contributed by atoms with Crippen LogP contribution in [0.2, 0.25) is 5.02 Å². The van der Waals surface area contributed by atoms with E-state index in [-0.39, 0.29) is 0 Å². The number of rotatable bonds is 3. The SMILES string of the molecule is CCc1cc2c(N3CCN(c4ccc(Cl)cc4)CC3)nc(C)nc2s1. The van der Waals surface area contributed by atoms with Gasteiger partial charge < -0.3 is 9.80 Å². The average molecular weight is 373 g/mol. The predicted octanol–water partition coefficient (Wildman–Crippen LogP) is 4.54. The number of aryl methyl sites for hydroxylation is 2. The zero-order valence-corrected chi connectivity index (χ0v) is 16.1. The molecular formula is C19H21ClN4S. The molecule has 0 unspecified atom stereocenters. The lowest BCUT2D eigenvalue weighted by molar-refractivity contribution is 0.648. The van der Waals surface area contributed by atoms with Gasteiger partial charge >= 0.3 is 0 Å². The van der Waals surface area contributed by atoms with Gasteiger partial charge in [-0.25, -0.2) is 9.97 Å². The van der Waals surface area contributed by atoms with Crippen LogP contribution < -0.4 is 9.80 Å². The first-order valence-electron chi connectivity index (χ1n) is 8.66. The summed E-state index contributed by atoms with van der Waals surface area (Å²) in [5.74, 6) is 1.95. The molecule has 1 fully saturated rings. The van der Waals surface area contributed by atoms with E-state index in [1.807, 2.05) is 19.1 Å². The van der Waals surface area contributed by atoms with Gasteiger partial charge in [-0.3, -0.25) is 0 Å². The summed E-state index contributed by atoms with van der Waals surface area (Å²) >= 11 is 7.79. The summed E-state index contributed by atoms with van der Waals surface area (Å²) in [4.78, 5) is 16.7. The molecule has 0 bridgehead atoms. The highest BCUT2D eigenvalue weighted by atomic mass is 35.5. The second-order valence-corrected chi connectivity index (χ2v) is 7.88. The maximum Gasteiger partial charge on any atom is 0.141 e. The van der Waals surface area contributed by atoms with Crippen molar-refractivity contribution in [2.45, 2.75) is 20.3 Å². The molecule has 25 heavy (non-hydrogen) atoms. The Labute approximate surface area is 157 Å². The summed E-state index contributed by atoms with van der Waals surface area (Å²) in [6.07, 6.45) is 1.05. The molecule has 0 aliphatic carbocycles. The Morgan fingerprint density at radius 3 is 2.40 bits per heavy atom. The number of hydrogen-bond acceptors (Lipinski definition) is 5. The lowest BCUT2D eigenvalue weighted by Crippen LogP contribution is -2.47. The molecule has 4 rings (SSSR count). The second kappa shape index (κ2) is 6.81. The van der Waals surface area contributed by atoms with Crippen LogP contribution in [0.4, 0.5) is 11.5 Å². The first kappa shape index (κ1) is 16.6. The molecule has 2 aromatic heterocycles. The fourth-order valence-corrected chi connectivity index (χ4v) is 4.44. The van der Waals surface area contributed by atoms with Crippen LogP contribution in [0.25, 0.3) is 10.2 Å². The Morgan fingerprint density at radius 1 is 1.04 bits per heavy atom. The maximum absolute atomic E-state index is 6.00. The zero-order valence-electron chi connectivity index (χ0n) is 14.5. The van der Waals surface area contributed by atoms with E-state index in [2.05, 4.69) is 39.9 Å². The van der Waals surface area contributed by atoms with Crippen molar-refractivity contribution in [2.24, 2.45) is 0 Å². The first-order chi connectivity index (χ1) is 12.1. The van der Waals surface area contributed by atoms with Gasteiger partial charge in [-0.1, -0.05) is 18.5 Å². The lowest BCUT2D eigenvalue weighted by Gasteiger charge is -2.37. The van der Waals surface area contributed by atoms with Crippen molar-refractivity contribution in [3.63, 3.8) is 0 Å². The minimum Gasteiger partial charge on any atom is -0.368 e. The van der Waals surface area contributed by atoms with Gasteiger partial charge in [0.15, 0.2) is 0 Å². The van der Waals surface area contributed by atoms with Crippen molar-refractivity contribution in [2.75, 3.05) is 36.0 Å². The van der Waals surface area contributed by atoms with Crippen LogP contribution in [0, 0.1) is 6.92 Å². The lowest BCUT2D eigenvalue weighted by atomic mass is 10.2. The van der Waals surface area contributed by atoms with E-state index < -0.39 is 0 Å². The van der Waals surface area contributed by atoms with Crippen molar-refractivity contribution in [3.05, 3.63) is 46.1 Å². The van der Waals surface area contributed by atoms with Crippen molar-refractivity contribution >= 4 is 44.7 Å². The number of benzene rings is 1. The first-order valence-corrected chi connectivity index (χ1v) is 9.86. The van der Waals surface area contributed by atoms with Crippen LogP contribution in [0.5, 0.6) is 0 Å². The minimum atomic E-state index is 0.783. The molecule has 1 aromatic carbocycles. The molecule has 1 saturated heterocycles. The largest absolute Gasteiger partial charge is 0.368 e. The highest BCUT2D eigenvalue weighted by molar-refractivity contribution is 7.18. The van der Waals surface area contributed by atoms with E-state index in [4.69, 9.17) is 16.6 Å². The zero-order chi connectivity index (χ0) is 17.4. The average Bonchev–Trinajstić information content (AvgIpc) is 3.05. The van der Waals surface area contributed by atoms with E-state index >= 15 is 0 Å². The topological polar surface area (TPSA) is 32.3 Å².